The zero-order valence-corrected chi connectivity index (χ0v) is 16.4. The number of ether oxygens (including phenoxy) is 1. The number of amides is 2. The van der Waals surface area contributed by atoms with Crippen molar-refractivity contribution < 1.29 is 17.9 Å². The average molecular weight is 407 g/mol. The number of nitrogens with zero attached hydrogens (tertiary/aromatic N) is 2. The standard InChI is InChI=1S/C16H26N4O4S.ClH/c21-16(19-15-5-8-17-9-6-15)18-7-3-1-2-4-14-25(22,23)20-10-12-24-13-11-20;/h5-6,8-9H,1-4,7,10-14H2,(H2,17,18,19,21);1H. The Morgan fingerprint density at radius 2 is 1.77 bits per heavy atom. The fourth-order valence-corrected chi connectivity index (χ4v) is 4.06. The van der Waals surface area contributed by atoms with Crippen LogP contribution in [0.4, 0.5) is 10.5 Å². The molecule has 148 valence electrons. The molecule has 0 aromatic carbocycles. The molecular formula is C16H27ClN4O4S. The van der Waals surface area contributed by atoms with Gasteiger partial charge in [-0.1, -0.05) is 12.8 Å². The van der Waals surface area contributed by atoms with E-state index in [1.54, 1.807) is 24.5 Å². The van der Waals surface area contributed by atoms with Gasteiger partial charge in [0.15, 0.2) is 0 Å². The van der Waals surface area contributed by atoms with Crippen molar-refractivity contribution in [1.82, 2.24) is 14.6 Å². The third kappa shape index (κ3) is 8.31. The molecule has 26 heavy (non-hydrogen) atoms. The van der Waals surface area contributed by atoms with Gasteiger partial charge in [0.1, 0.15) is 0 Å². The van der Waals surface area contributed by atoms with E-state index in [4.69, 9.17) is 4.74 Å². The number of hydrogen-bond donors (Lipinski definition) is 2. The number of aromatic nitrogens is 1. The molecule has 0 radical (unpaired) electrons. The molecule has 2 amide bonds. The van der Waals surface area contributed by atoms with Gasteiger partial charge < -0.3 is 15.4 Å². The molecule has 1 aromatic heterocycles. The summed E-state index contributed by atoms with van der Waals surface area (Å²) in [6.07, 6.45) is 6.40. The first-order valence-electron chi connectivity index (χ1n) is 8.58. The zero-order valence-electron chi connectivity index (χ0n) is 14.7. The van der Waals surface area contributed by atoms with Crippen molar-refractivity contribution in [2.45, 2.75) is 25.7 Å². The van der Waals surface area contributed by atoms with Gasteiger partial charge in [0.05, 0.1) is 19.0 Å². The van der Waals surface area contributed by atoms with Crippen LogP contribution in [-0.4, -0.2) is 62.3 Å². The lowest BCUT2D eigenvalue weighted by atomic mass is 10.2. The molecule has 0 bridgehead atoms. The molecule has 1 fully saturated rings. The smallest absolute Gasteiger partial charge is 0.319 e. The number of hydrogen-bond acceptors (Lipinski definition) is 5. The van der Waals surface area contributed by atoms with E-state index in [2.05, 4.69) is 15.6 Å². The molecule has 1 aliphatic heterocycles. The van der Waals surface area contributed by atoms with E-state index >= 15 is 0 Å². The topological polar surface area (TPSA) is 101 Å². The van der Waals surface area contributed by atoms with E-state index in [1.165, 1.54) is 4.31 Å². The van der Waals surface area contributed by atoms with Gasteiger partial charge in [0, 0.05) is 37.7 Å². The van der Waals surface area contributed by atoms with E-state index in [-0.39, 0.29) is 24.2 Å². The summed E-state index contributed by atoms with van der Waals surface area (Å²) < 4.78 is 31.0. The number of carbonyl (C=O) groups excluding carboxylic acids is 1. The lowest BCUT2D eigenvalue weighted by Crippen LogP contribution is -2.41. The normalized spacial score (nSPS) is 15.1. The van der Waals surface area contributed by atoms with Gasteiger partial charge in [-0.15, -0.1) is 12.4 Å². The fourth-order valence-electron chi connectivity index (χ4n) is 2.53. The van der Waals surface area contributed by atoms with E-state index in [9.17, 15) is 13.2 Å². The Morgan fingerprint density at radius 3 is 2.46 bits per heavy atom. The van der Waals surface area contributed by atoms with Crippen molar-refractivity contribution in [3.63, 3.8) is 0 Å². The highest BCUT2D eigenvalue weighted by molar-refractivity contribution is 7.89. The number of carbonyl (C=O) groups is 1. The highest BCUT2D eigenvalue weighted by atomic mass is 35.5. The molecule has 8 nitrogen and oxygen atoms in total. The van der Waals surface area contributed by atoms with Crippen molar-refractivity contribution >= 4 is 34.1 Å². The van der Waals surface area contributed by atoms with Crippen LogP contribution in [-0.2, 0) is 14.8 Å². The predicted molar refractivity (Wildman–Crippen MR) is 103 cm³/mol. The minimum atomic E-state index is -3.16. The third-order valence-corrected chi connectivity index (χ3v) is 5.87. The summed E-state index contributed by atoms with van der Waals surface area (Å²) in [6, 6.07) is 3.18. The highest BCUT2D eigenvalue weighted by Gasteiger charge is 2.23. The molecule has 0 aliphatic carbocycles. The van der Waals surface area contributed by atoms with Crippen molar-refractivity contribution in [2.75, 3.05) is 43.9 Å². The second kappa shape index (κ2) is 12.1. The van der Waals surface area contributed by atoms with E-state index in [0.717, 1.165) is 19.3 Å². The number of halogens is 1. The van der Waals surface area contributed by atoms with Crippen LogP contribution in [0.2, 0.25) is 0 Å². The maximum atomic E-state index is 12.1. The van der Waals surface area contributed by atoms with Crippen LogP contribution >= 0.6 is 12.4 Å². The lowest BCUT2D eigenvalue weighted by Gasteiger charge is -2.25. The Kier molecular flexibility index (Phi) is 10.5. The Morgan fingerprint density at radius 1 is 1.12 bits per heavy atom. The van der Waals surface area contributed by atoms with Crippen LogP contribution in [0.3, 0.4) is 0 Å². The highest BCUT2D eigenvalue weighted by Crippen LogP contribution is 2.09. The van der Waals surface area contributed by atoms with Gasteiger partial charge in [-0.3, -0.25) is 4.98 Å². The van der Waals surface area contributed by atoms with Crippen LogP contribution in [0.25, 0.3) is 0 Å². The molecule has 2 heterocycles. The second-order valence-electron chi connectivity index (χ2n) is 5.86. The van der Waals surface area contributed by atoms with E-state index in [0.29, 0.717) is 45.0 Å². The Bertz CT molecular complexity index is 624. The summed E-state index contributed by atoms with van der Waals surface area (Å²) in [5.41, 5.74) is 0.695. The Balaban J connectivity index is 0.00000338. The van der Waals surface area contributed by atoms with Gasteiger partial charge in [0.25, 0.3) is 0 Å². The van der Waals surface area contributed by atoms with E-state index < -0.39 is 10.0 Å². The van der Waals surface area contributed by atoms with Crippen molar-refractivity contribution in [2.24, 2.45) is 0 Å². The number of anilines is 1. The Hall–Kier alpha value is -1.42. The minimum absolute atomic E-state index is 0. The van der Waals surface area contributed by atoms with Crippen molar-refractivity contribution in [3.05, 3.63) is 24.5 Å². The predicted octanol–water partition coefficient (Wildman–Crippen LogP) is 1.85. The molecule has 0 unspecified atom stereocenters. The van der Waals surface area contributed by atoms with Crippen molar-refractivity contribution in [3.8, 4) is 0 Å². The first-order chi connectivity index (χ1) is 12.1. The average Bonchev–Trinajstić information content (AvgIpc) is 2.62. The summed E-state index contributed by atoms with van der Waals surface area (Å²) in [5, 5.41) is 5.49. The number of nitrogens with one attached hydrogen (secondary N) is 2. The molecule has 0 saturated carbocycles. The van der Waals surface area contributed by atoms with Crippen LogP contribution in [0.1, 0.15) is 25.7 Å². The van der Waals surface area contributed by atoms with Gasteiger partial charge in [0.2, 0.25) is 10.0 Å². The summed E-state index contributed by atoms with van der Waals surface area (Å²) in [5.74, 6) is 0.183. The van der Waals surface area contributed by atoms with Gasteiger partial charge >= 0.3 is 6.03 Å². The van der Waals surface area contributed by atoms with Crippen molar-refractivity contribution in [1.29, 1.82) is 0 Å². The number of morpholine rings is 1. The lowest BCUT2D eigenvalue weighted by molar-refractivity contribution is 0.0730. The quantitative estimate of drug-likeness (QED) is 0.609. The summed E-state index contributed by atoms with van der Waals surface area (Å²) >= 11 is 0. The van der Waals surface area contributed by atoms with Gasteiger partial charge in [-0.05, 0) is 25.0 Å². The Labute approximate surface area is 161 Å². The molecule has 10 heteroatoms. The van der Waals surface area contributed by atoms with Crippen LogP contribution in [0.15, 0.2) is 24.5 Å². The third-order valence-electron chi connectivity index (χ3n) is 3.92. The summed E-state index contributed by atoms with van der Waals surface area (Å²) in [4.78, 5) is 15.6. The number of unbranched alkanes of at least 4 members (excludes halogenated alkanes) is 3. The molecular weight excluding hydrogens is 380 g/mol. The molecule has 1 aliphatic rings. The number of pyridine rings is 1. The monoisotopic (exact) mass is 406 g/mol. The number of urea groups is 1. The van der Waals surface area contributed by atoms with Crippen LogP contribution in [0.5, 0.6) is 0 Å². The maximum Gasteiger partial charge on any atom is 0.319 e. The molecule has 2 rings (SSSR count). The van der Waals surface area contributed by atoms with E-state index in [1.807, 2.05) is 0 Å². The SMILES string of the molecule is Cl.O=C(NCCCCCCS(=O)(=O)N1CCOCC1)Nc1ccncc1. The molecule has 0 spiro atoms. The molecule has 0 atom stereocenters. The number of rotatable bonds is 9. The maximum absolute atomic E-state index is 12.1. The first-order valence-corrected chi connectivity index (χ1v) is 10.2. The first kappa shape index (κ1) is 22.6. The summed E-state index contributed by atoms with van der Waals surface area (Å²) in [6.45, 7) is 2.43. The molecule has 1 saturated heterocycles. The zero-order chi connectivity index (χ0) is 18.0. The fraction of sp³-hybridized carbons (Fsp3) is 0.625. The summed E-state index contributed by atoms with van der Waals surface area (Å²) in [7, 11) is -3.16. The largest absolute Gasteiger partial charge is 0.379 e. The molecule has 1 aromatic rings. The van der Waals surface area contributed by atoms with Crippen LogP contribution in [0, 0.1) is 0 Å². The van der Waals surface area contributed by atoms with Gasteiger partial charge in [-0.2, -0.15) is 4.31 Å². The molecule has 2 N–H and O–H groups in total. The second-order valence-corrected chi connectivity index (χ2v) is 7.95. The number of sulfonamides is 1. The van der Waals surface area contributed by atoms with Crippen LogP contribution < -0.4 is 10.6 Å². The minimum Gasteiger partial charge on any atom is -0.379 e. The van der Waals surface area contributed by atoms with Gasteiger partial charge in [-0.25, -0.2) is 13.2 Å².